The van der Waals surface area contributed by atoms with Gasteiger partial charge in [-0.2, -0.15) is 5.26 Å². The third kappa shape index (κ3) is 6.12. The van der Waals surface area contributed by atoms with Gasteiger partial charge in [0.1, 0.15) is 18.2 Å². The zero-order valence-corrected chi connectivity index (χ0v) is 26.3. The number of hydrogen-bond acceptors (Lipinski definition) is 8. The lowest BCUT2D eigenvalue weighted by molar-refractivity contribution is 0.0601. The van der Waals surface area contributed by atoms with Crippen molar-refractivity contribution in [3.63, 3.8) is 0 Å². The van der Waals surface area contributed by atoms with Crippen LogP contribution in [0.5, 0.6) is 5.88 Å². The molecule has 0 N–H and O–H groups in total. The van der Waals surface area contributed by atoms with Crippen LogP contribution in [0.4, 0.5) is 4.39 Å². The second-order valence-electron chi connectivity index (χ2n) is 12.1. The van der Waals surface area contributed by atoms with Gasteiger partial charge in [-0.05, 0) is 67.2 Å². The highest BCUT2D eigenvalue weighted by Gasteiger charge is 2.37. The Kier molecular flexibility index (Phi) is 8.26. The van der Waals surface area contributed by atoms with Crippen LogP contribution in [0.2, 0.25) is 0 Å². The highest BCUT2D eigenvalue weighted by atomic mass is 19.1. The third-order valence-corrected chi connectivity index (χ3v) is 9.15. The summed E-state index contributed by atoms with van der Waals surface area (Å²) >= 11 is 0. The standard InChI is InChI=1S/C36H34FN7O3/c1-3-43-22-39-16-29(43)19-44-33-14-24(36(45)46-2)9-10-32(33)40-34(44)20-42-17-27-12-26(13-28(27)18-42)31-5-4-6-35(41-31)47-21-25-8-7-23(15-38)11-30(25)37/h4-12,14,16,22,27-28H,3,13,17-21H2,1-2H3. The molecule has 2 aromatic carbocycles. The Labute approximate surface area is 271 Å². The summed E-state index contributed by atoms with van der Waals surface area (Å²) in [4.78, 5) is 28.9. The minimum atomic E-state index is -0.467. The van der Waals surface area contributed by atoms with Gasteiger partial charge in [0.15, 0.2) is 0 Å². The molecule has 2 aliphatic rings. The van der Waals surface area contributed by atoms with Crippen molar-refractivity contribution < 1.29 is 18.7 Å². The number of methoxy groups -OCH3 is 1. The predicted molar refractivity (Wildman–Crippen MR) is 173 cm³/mol. The molecular weight excluding hydrogens is 597 g/mol. The number of esters is 1. The van der Waals surface area contributed by atoms with Gasteiger partial charge in [0.25, 0.3) is 0 Å². The summed E-state index contributed by atoms with van der Waals surface area (Å²) in [5.41, 5.74) is 6.02. The lowest BCUT2D eigenvalue weighted by Crippen LogP contribution is -2.23. The molecule has 2 atom stereocenters. The van der Waals surface area contributed by atoms with Crippen LogP contribution in [0.1, 0.15) is 52.0 Å². The molecule has 0 radical (unpaired) electrons. The highest BCUT2D eigenvalue weighted by Crippen LogP contribution is 2.41. The van der Waals surface area contributed by atoms with Crippen molar-refractivity contribution in [2.45, 2.75) is 39.6 Å². The molecule has 4 heterocycles. The Morgan fingerprint density at radius 1 is 1.11 bits per heavy atom. The van der Waals surface area contributed by atoms with E-state index in [0.717, 1.165) is 54.3 Å². The largest absolute Gasteiger partial charge is 0.473 e. The number of aryl methyl sites for hydroxylation is 1. The second-order valence-corrected chi connectivity index (χ2v) is 12.1. The fourth-order valence-corrected chi connectivity index (χ4v) is 6.72. The number of imidazole rings is 2. The number of aromatic nitrogens is 5. The van der Waals surface area contributed by atoms with Gasteiger partial charge in [0, 0.05) is 37.5 Å². The average molecular weight is 632 g/mol. The number of nitrogens with zero attached hydrogens (tertiary/aromatic N) is 7. The molecule has 1 aliphatic heterocycles. The van der Waals surface area contributed by atoms with Gasteiger partial charge in [0.05, 0.1) is 66.1 Å². The lowest BCUT2D eigenvalue weighted by Gasteiger charge is -2.18. The van der Waals surface area contributed by atoms with E-state index in [1.807, 2.05) is 42.9 Å². The number of halogens is 1. The molecule has 0 bridgehead atoms. The maximum atomic E-state index is 14.3. The number of hydrogen-bond donors (Lipinski definition) is 0. The lowest BCUT2D eigenvalue weighted by atomic mass is 9.99. The minimum absolute atomic E-state index is 0.0306. The van der Waals surface area contributed by atoms with Gasteiger partial charge in [-0.3, -0.25) is 4.90 Å². The maximum absolute atomic E-state index is 14.3. The van der Waals surface area contributed by atoms with Crippen molar-refractivity contribution in [2.24, 2.45) is 11.8 Å². The fraction of sp³-hybridized carbons (Fsp3) is 0.306. The zero-order valence-electron chi connectivity index (χ0n) is 26.3. The molecule has 1 aliphatic carbocycles. The number of allylic oxidation sites excluding steroid dienone is 1. The molecule has 1 saturated heterocycles. The molecule has 5 aromatic rings. The molecule has 1 fully saturated rings. The van der Waals surface area contributed by atoms with Crippen molar-refractivity contribution in [3.8, 4) is 11.9 Å². The van der Waals surface area contributed by atoms with Crippen LogP contribution in [0, 0.1) is 29.0 Å². The first-order valence-electron chi connectivity index (χ1n) is 15.7. The molecule has 10 nitrogen and oxygen atoms in total. The quantitative estimate of drug-likeness (QED) is 0.183. The fourth-order valence-electron chi connectivity index (χ4n) is 6.72. The van der Waals surface area contributed by atoms with Crippen molar-refractivity contribution in [2.75, 3.05) is 20.2 Å². The Balaban J connectivity index is 1.06. The van der Waals surface area contributed by atoms with E-state index in [1.54, 1.807) is 24.3 Å². The van der Waals surface area contributed by atoms with E-state index in [-0.39, 0.29) is 18.1 Å². The van der Waals surface area contributed by atoms with Crippen molar-refractivity contribution >= 4 is 22.6 Å². The number of pyridine rings is 1. The molecule has 0 amide bonds. The smallest absolute Gasteiger partial charge is 0.337 e. The summed E-state index contributed by atoms with van der Waals surface area (Å²) < 4.78 is 29.4. The number of carbonyl (C=O) groups is 1. The van der Waals surface area contributed by atoms with Crippen molar-refractivity contribution in [1.29, 1.82) is 5.26 Å². The van der Waals surface area contributed by atoms with Crippen LogP contribution >= 0.6 is 0 Å². The summed E-state index contributed by atoms with van der Waals surface area (Å²) in [5.74, 6) is 1.40. The molecular formula is C36H34FN7O3. The van der Waals surface area contributed by atoms with E-state index in [2.05, 4.69) is 32.0 Å². The first-order valence-corrected chi connectivity index (χ1v) is 15.7. The molecule has 238 valence electrons. The first kappa shape index (κ1) is 30.3. The highest BCUT2D eigenvalue weighted by molar-refractivity contribution is 5.93. The van der Waals surface area contributed by atoms with E-state index < -0.39 is 5.82 Å². The van der Waals surface area contributed by atoms with Gasteiger partial charge >= 0.3 is 5.97 Å². The van der Waals surface area contributed by atoms with Crippen LogP contribution < -0.4 is 4.74 Å². The monoisotopic (exact) mass is 631 g/mol. The SMILES string of the molecule is CCn1cncc1Cn1c(CN2CC3C=C(c4cccc(OCc5ccc(C#N)cc5F)n4)CC3C2)nc2ccc(C(=O)OC)cc21. The molecule has 11 heteroatoms. The summed E-state index contributed by atoms with van der Waals surface area (Å²) in [6.45, 7) is 6.06. The van der Waals surface area contributed by atoms with E-state index >= 15 is 0 Å². The third-order valence-electron chi connectivity index (χ3n) is 9.15. The molecule has 2 unspecified atom stereocenters. The average Bonchev–Trinajstić information content (AvgIpc) is 3.87. The van der Waals surface area contributed by atoms with Crippen LogP contribution in [-0.4, -0.2) is 55.2 Å². The first-order chi connectivity index (χ1) is 22.9. The number of rotatable bonds is 10. The van der Waals surface area contributed by atoms with Crippen LogP contribution in [-0.2, 0) is 31.0 Å². The second kappa shape index (κ2) is 12.8. The molecule has 47 heavy (non-hydrogen) atoms. The van der Waals surface area contributed by atoms with E-state index in [4.69, 9.17) is 24.7 Å². The Morgan fingerprint density at radius 2 is 2.00 bits per heavy atom. The number of fused-ring (bicyclic) bond motifs is 2. The van der Waals surface area contributed by atoms with E-state index in [9.17, 15) is 9.18 Å². The molecule has 3 aromatic heterocycles. The Morgan fingerprint density at radius 3 is 2.79 bits per heavy atom. The molecule has 0 spiro atoms. The maximum Gasteiger partial charge on any atom is 0.337 e. The summed E-state index contributed by atoms with van der Waals surface area (Å²) in [6.07, 6.45) is 6.97. The number of carbonyl (C=O) groups excluding carboxylic acids is 1. The summed E-state index contributed by atoms with van der Waals surface area (Å²) in [5, 5.41) is 8.98. The van der Waals surface area contributed by atoms with Crippen molar-refractivity contribution in [3.05, 3.63) is 113 Å². The number of likely N-dealkylation sites (tertiary alicyclic amines) is 1. The normalized spacial score (nSPS) is 17.4. The predicted octanol–water partition coefficient (Wildman–Crippen LogP) is 5.61. The number of benzene rings is 2. The van der Waals surface area contributed by atoms with Gasteiger partial charge in [-0.25, -0.2) is 24.1 Å². The van der Waals surface area contributed by atoms with Crippen molar-refractivity contribution in [1.82, 2.24) is 29.0 Å². The summed E-state index contributed by atoms with van der Waals surface area (Å²) in [7, 11) is 1.39. The van der Waals surface area contributed by atoms with E-state index in [1.165, 1.54) is 18.7 Å². The topological polar surface area (TPSA) is 111 Å². The zero-order chi connectivity index (χ0) is 32.5. The number of ether oxygens (including phenoxy) is 2. The number of nitriles is 1. The summed E-state index contributed by atoms with van der Waals surface area (Å²) in [6, 6.07) is 17.5. The van der Waals surface area contributed by atoms with Crippen LogP contribution in [0.25, 0.3) is 16.6 Å². The minimum Gasteiger partial charge on any atom is -0.473 e. The Bertz CT molecular complexity index is 2040. The van der Waals surface area contributed by atoms with Crippen LogP contribution in [0.15, 0.2) is 73.2 Å². The van der Waals surface area contributed by atoms with Gasteiger partial charge in [-0.15, -0.1) is 0 Å². The van der Waals surface area contributed by atoms with E-state index in [0.29, 0.717) is 41.9 Å². The van der Waals surface area contributed by atoms with Crippen LogP contribution in [0.3, 0.4) is 0 Å². The molecule has 7 rings (SSSR count). The van der Waals surface area contributed by atoms with Gasteiger partial charge < -0.3 is 18.6 Å². The Hall–Kier alpha value is -5.34. The molecule has 0 saturated carbocycles. The van der Waals surface area contributed by atoms with Gasteiger partial charge in [-0.1, -0.05) is 18.2 Å². The van der Waals surface area contributed by atoms with Gasteiger partial charge in [0.2, 0.25) is 5.88 Å².